The van der Waals surface area contributed by atoms with Gasteiger partial charge in [-0.2, -0.15) is 0 Å². The summed E-state index contributed by atoms with van der Waals surface area (Å²) in [5.74, 6) is 0.955. The lowest BCUT2D eigenvalue weighted by molar-refractivity contribution is -0.124. The van der Waals surface area contributed by atoms with Crippen LogP contribution in [0.15, 0.2) is 22.8 Å². The summed E-state index contributed by atoms with van der Waals surface area (Å²) >= 11 is 0. The van der Waals surface area contributed by atoms with Gasteiger partial charge in [-0.05, 0) is 32.1 Å². The molecule has 1 aliphatic rings. The Labute approximate surface area is 138 Å². The number of carbonyl (C=O) groups is 1. The van der Waals surface area contributed by atoms with Crippen LogP contribution in [0.2, 0.25) is 0 Å². The molecule has 1 amide bonds. The molecular formula is C17H29N3O3. The molecule has 0 radical (unpaired) electrons. The minimum Gasteiger partial charge on any atom is -0.468 e. The van der Waals surface area contributed by atoms with Gasteiger partial charge in [0, 0.05) is 19.6 Å². The number of likely N-dealkylation sites (N-methyl/N-ethyl adjacent to an activating group) is 1. The Morgan fingerprint density at radius 3 is 2.87 bits per heavy atom. The third-order valence-electron chi connectivity index (χ3n) is 4.31. The number of ether oxygens (including phenoxy) is 1. The van der Waals surface area contributed by atoms with E-state index in [1.807, 2.05) is 19.1 Å². The molecule has 1 aliphatic heterocycles. The largest absolute Gasteiger partial charge is 0.468 e. The zero-order chi connectivity index (χ0) is 16.7. The first kappa shape index (κ1) is 18.0. The van der Waals surface area contributed by atoms with Crippen molar-refractivity contribution >= 4 is 5.91 Å². The quantitative estimate of drug-likeness (QED) is 0.786. The van der Waals surface area contributed by atoms with Crippen molar-refractivity contribution in [3.63, 3.8) is 0 Å². The Kier molecular flexibility index (Phi) is 7.08. The van der Waals surface area contributed by atoms with Crippen LogP contribution < -0.4 is 5.32 Å². The predicted octanol–water partition coefficient (Wildman–Crippen LogP) is 1.50. The summed E-state index contributed by atoms with van der Waals surface area (Å²) in [5.41, 5.74) is 0. The number of nitrogens with zero attached hydrogens (tertiary/aromatic N) is 2. The molecular weight excluding hydrogens is 294 g/mol. The van der Waals surface area contributed by atoms with Gasteiger partial charge in [-0.25, -0.2) is 0 Å². The third-order valence-corrected chi connectivity index (χ3v) is 4.31. The van der Waals surface area contributed by atoms with E-state index in [4.69, 9.17) is 9.15 Å². The monoisotopic (exact) mass is 323 g/mol. The third kappa shape index (κ3) is 5.34. The highest BCUT2D eigenvalue weighted by atomic mass is 16.5. The first-order valence-corrected chi connectivity index (χ1v) is 8.52. The SMILES string of the molecule is CCN(CC)[C@H](CNC(=O)CN1CCO[C@H](C)C1)c1ccco1. The van der Waals surface area contributed by atoms with E-state index in [0.29, 0.717) is 19.7 Å². The number of hydrogen-bond acceptors (Lipinski definition) is 5. The molecule has 0 unspecified atom stereocenters. The van der Waals surface area contributed by atoms with Gasteiger partial charge in [0.2, 0.25) is 5.91 Å². The first-order chi connectivity index (χ1) is 11.1. The number of nitrogens with one attached hydrogen (secondary N) is 1. The normalized spacial score (nSPS) is 20.6. The second kappa shape index (κ2) is 9.05. The molecule has 0 aromatic carbocycles. The van der Waals surface area contributed by atoms with Crippen molar-refractivity contribution in [2.24, 2.45) is 0 Å². The number of rotatable bonds is 8. The second-order valence-corrected chi connectivity index (χ2v) is 5.97. The van der Waals surface area contributed by atoms with E-state index in [9.17, 15) is 4.79 Å². The van der Waals surface area contributed by atoms with E-state index in [-0.39, 0.29) is 18.1 Å². The van der Waals surface area contributed by atoms with Crippen molar-refractivity contribution in [1.82, 2.24) is 15.1 Å². The molecule has 0 bridgehead atoms. The summed E-state index contributed by atoms with van der Waals surface area (Å²) in [4.78, 5) is 16.7. The van der Waals surface area contributed by atoms with Crippen molar-refractivity contribution in [2.75, 3.05) is 45.9 Å². The Bertz CT molecular complexity index is 460. The van der Waals surface area contributed by atoms with Crippen LogP contribution in [0.4, 0.5) is 0 Å². The smallest absolute Gasteiger partial charge is 0.234 e. The lowest BCUT2D eigenvalue weighted by atomic mass is 10.2. The maximum atomic E-state index is 12.2. The summed E-state index contributed by atoms with van der Waals surface area (Å²) < 4.78 is 11.1. The first-order valence-electron chi connectivity index (χ1n) is 8.52. The van der Waals surface area contributed by atoms with Crippen LogP contribution in [0.1, 0.15) is 32.6 Å². The molecule has 23 heavy (non-hydrogen) atoms. The molecule has 1 saturated heterocycles. The molecule has 0 saturated carbocycles. The predicted molar refractivity (Wildman–Crippen MR) is 89.2 cm³/mol. The fraction of sp³-hybridized carbons (Fsp3) is 0.706. The van der Waals surface area contributed by atoms with E-state index in [2.05, 4.69) is 29.0 Å². The van der Waals surface area contributed by atoms with Gasteiger partial charge in [-0.3, -0.25) is 14.6 Å². The summed E-state index contributed by atoms with van der Waals surface area (Å²) in [7, 11) is 0. The zero-order valence-electron chi connectivity index (χ0n) is 14.5. The van der Waals surface area contributed by atoms with Crippen LogP contribution in [0.25, 0.3) is 0 Å². The molecule has 6 nitrogen and oxygen atoms in total. The number of amides is 1. The lowest BCUT2D eigenvalue weighted by Gasteiger charge is -2.31. The van der Waals surface area contributed by atoms with Crippen molar-refractivity contribution in [3.8, 4) is 0 Å². The minimum absolute atomic E-state index is 0.0582. The Morgan fingerprint density at radius 2 is 2.26 bits per heavy atom. The van der Waals surface area contributed by atoms with E-state index < -0.39 is 0 Å². The van der Waals surface area contributed by atoms with Crippen LogP contribution in [-0.2, 0) is 9.53 Å². The van der Waals surface area contributed by atoms with Gasteiger partial charge in [0.25, 0.3) is 0 Å². The Morgan fingerprint density at radius 1 is 1.48 bits per heavy atom. The molecule has 1 aromatic rings. The topological polar surface area (TPSA) is 58.0 Å². The maximum Gasteiger partial charge on any atom is 0.234 e. The average Bonchev–Trinajstić information content (AvgIpc) is 3.05. The van der Waals surface area contributed by atoms with Crippen molar-refractivity contribution < 1.29 is 13.9 Å². The van der Waals surface area contributed by atoms with Gasteiger partial charge < -0.3 is 14.5 Å². The highest BCUT2D eigenvalue weighted by Gasteiger charge is 2.23. The number of furan rings is 1. The molecule has 2 atom stereocenters. The summed E-state index contributed by atoms with van der Waals surface area (Å²) in [5, 5.41) is 3.06. The second-order valence-electron chi connectivity index (χ2n) is 5.97. The molecule has 1 N–H and O–H groups in total. The molecule has 0 spiro atoms. The lowest BCUT2D eigenvalue weighted by Crippen LogP contribution is -2.47. The molecule has 6 heteroatoms. The van der Waals surface area contributed by atoms with Crippen molar-refractivity contribution in [2.45, 2.75) is 32.9 Å². The molecule has 130 valence electrons. The number of hydrogen-bond donors (Lipinski definition) is 1. The number of morpholine rings is 1. The fourth-order valence-corrected chi connectivity index (χ4v) is 3.06. The van der Waals surface area contributed by atoms with Crippen LogP contribution in [0.5, 0.6) is 0 Å². The van der Waals surface area contributed by atoms with E-state index >= 15 is 0 Å². The van der Waals surface area contributed by atoms with Gasteiger partial charge in [0.15, 0.2) is 0 Å². The van der Waals surface area contributed by atoms with Crippen molar-refractivity contribution in [1.29, 1.82) is 0 Å². The maximum absolute atomic E-state index is 12.2. The van der Waals surface area contributed by atoms with Gasteiger partial charge in [-0.1, -0.05) is 13.8 Å². The van der Waals surface area contributed by atoms with Gasteiger partial charge >= 0.3 is 0 Å². The van der Waals surface area contributed by atoms with Gasteiger partial charge in [-0.15, -0.1) is 0 Å². The fourth-order valence-electron chi connectivity index (χ4n) is 3.06. The standard InChI is InChI=1S/C17H29N3O3/c1-4-20(5-2)15(16-7-6-9-23-16)11-18-17(21)13-19-8-10-22-14(3)12-19/h6-7,9,14-15H,4-5,8,10-13H2,1-3H3,(H,18,21)/t14-,15-/m1/s1. The van der Waals surface area contributed by atoms with Crippen LogP contribution in [0, 0.1) is 0 Å². The van der Waals surface area contributed by atoms with Crippen molar-refractivity contribution in [3.05, 3.63) is 24.2 Å². The minimum atomic E-state index is 0.0582. The van der Waals surface area contributed by atoms with Crippen LogP contribution in [-0.4, -0.2) is 67.7 Å². The summed E-state index contributed by atoms with van der Waals surface area (Å²) in [6, 6.07) is 3.94. The van der Waals surface area contributed by atoms with E-state index in [1.54, 1.807) is 6.26 Å². The van der Waals surface area contributed by atoms with Gasteiger partial charge in [0.05, 0.1) is 31.6 Å². The molecule has 1 aromatic heterocycles. The van der Waals surface area contributed by atoms with E-state index in [0.717, 1.165) is 31.9 Å². The average molecular weight is 323 g/mol. The summed E-state index contributed by atoms with van der Waals surface area (Å²) in [6.07, 6.45) is 1.88. The Hall–Kier alpha value is -1.37. The number of carbonyl (C=O) groups excluding carboxylic acids is 1. The Balaban J connectivity index is 1.86. The molecule has 0 aliphatic carbocycles. The highest BCUT2D eigenvalue weighted by molar-refractivity contribution is 5.78. The van der Waals surface area contributed by atoms with Crippen LogP contribution >= 0.6 is 0 Å². The zero-order valence-corrected chi connectivity index (χ0v) is 14.5. The molecule has 2 rings (SSSR count). The summed E-state index contributed by atoms with van der Waals surface area (Å²) in [6.45, 7) is 11.4. The van der Waals surface area contributed by atoms with E-state index in [1.165, 1.54) is 0 Å². The molecule has 2 heterocycles. The highest BCUT2D eigenvalue weighted by Crippen LogP contribution is 2.20. The molecule has 1 fully saturated rings. The van der Waals surface area contributed by atoms with Crippen LogP contribution in [0.3, 0.4) is 0 Å². The van der Waals surface area contributed by atoms with Gasteiger partial charge in [0.1, 0.15) is 5.76 Å².